The maximum atomic E-state index is 9.23. The monoisotopic (exact) mass is 1120 g/mol. The molecule has 8 aromatic carbocycles. The third-order valence-electron chi connectivity index (χ3n) is 13.6. The quantitative estimate of drug-likeness (QED) is 0.101. The summed E-state index contributed by atoms with van der Waals surface area (Å²) in [5.74, 6) is 1.77. The first-order valence-electron chi connectivity index (χ1n) is 26.8. The van der Waals surface area contributed by atoms with Gasteiger partial charge < -0.3 is 13.9 Å². The third-order valence-corrected chi connectivity index (χ3v) is 13.6. The molecule has 0 spiro atoms. The Bertz CT molecular complexity index is 4010. The molecule has 0 unspecified atom stereocenters. The van der Waals surface area contributed by atoms with Crippen LogP contribution in [0.3, 0.4) is 0 Å². The first-order chi connectivity index (χ1) is 36.3. The first-order valence-corrected chi connectivity index (χ1v) is 24.3. The van der Waals surface area contributed by atoms with E-state index in [4.69, 9.17) is 13.8 Å². The Kier molecular flexibility index (Phi) is 11.2. The van der Waals surface area contributed by atoms with Gasteiger partial charge >= 0.3 is 0 Å². The number of ether oxygens (including phenoxy) is 1. The van der Waals surface area contributed by atoms with E-state index >= 15 is 0 Å². The Hall–Kier alpha value is -7.33. The number of para-hydroxylation sites is 4. The van der Waals surface area contributed by atoms with Crippen molar-refractivity contribution < 1.29 is 37.2 Å². The largest absolute Gasteiger partial charge is 0.510 e. The minimum atomic E-state index is -0.446. The number of fused-ring (bicyclic) bond motifs is 4. The molecule has 0 fully saturated rings. The molecule has 0 amide bonds. The molecule has 3 aromatic heterocycles. The van der Waals surface area contributed by atoms with Crippen LogP contribution in [-0.4, -0.2) is 14.1 Å². The van der Waals surface area contributed by atoms with Gasteiger partial charge in [-0.2, -0.15) is 18.2 Å². The Morgan fingerprint density at radius 1 is 0.583 bits per heavy atom. The molecular weight excluding hydrogens is 1060 g/mol. The third kappa shape index (κ3) is 9.23. The molecule has 11 aromatic rings. The van der Waals surface area contributed by atoms with Gasteiger partial charge in [-0.15, -0.1) is 29.7 Å². The van der Waals surface area contributed by atoms with Crippen LogP contribution in [0.5, 0.6) is 11.5 Å². The zero-order valence-electron chi connectivity index (χ0n) is 46.8. The van der Waals surface area contributed by atoms with Crippen LogP contribution in [0.15, 0.2) is 194 Å². The van der Waals surface area contributed by atoms with Crippen molar-refractivity contribution in [3.63, 3.8) is 0 Å². The summed E-state index contributed by atoms with van der Waals surface area (Å²) in [6, 6.07) is 58.8. The molecule has 0 saturated heterocycles. The van der Waals surface area contributed by atoms with E-state index in [0.29, 0.717) is 28.4 Å². The molecule has 11 rings (SSSR count). The Morgan fingerprint density at radius 2 is 1.24 bits per heavy atom. The van der Waals surface area contributed by atoms with Crippen LogP contribution >= 0.6 is 0 Å². The van der Waals surface area contributed by atoms with Crippen LogP contribution in [0.25, 0.3) is 72.3 Å². The number of hydrogen-bond donors (Lipinski definition) is 0. The van der Waals surface area contributed by atoms with Gasteiger partial charge in [0.2, 0.25) is 0 Å². The molecule has 0 saturated carbocycles. The second kappa shape index (κ2) is 19.0. The van der Waals surface area contributed by atoms with E-state index in [1.807, 2.05) is 88.1 Å². The molecule has 0 aliphatic rings. The summed E-state index contributed by atoms with van der Waals surface area (Å²) in [7, 11) is 0. The van der Waals surface area contributed by atoms with Gasteiger partial charge in [0.25, 0.3) is 6.33 Å². The van der Waals surface area contributed by atoms with Gasteiger partial charge in [-0.1, -0.05) is 200 Å². The van der Waals surface area contributed by atoms with Crippen molar-refractivity contribution >= 4 is 32.8 Å². The summed E-state index contributed by atoms with van der Waals surface area (Å²) in [4.78, 5) is 4.93. The fourth-order valence-electron chi connectivity index (χ4n) is 9.77. The Labute approximate surface area is 445 Å². The fourth-order valence-corrected chi connectivity index (χ4v) is 9.77. The number of rotatable bonds is 10. The molecule has 72 heavy (non-hydrogen) atoms. The zero-order valence-corrected chi connectivity index (χ0v) is 44.1. The van der Waals surface area contributed by atoms with Gasteiger partial charge in [0.05, 0.1) is 23.6 Å². The van der Waals surface area contributed by atoms with E-state index in [-0.39, 0.29) is 55.0 Å². The van der Waals surface area contributed by atoms with Crippen molar-refractivity contribution in [2.45, 2.75) is 78.1 Å². The van der Waals surface area contributed by atoms with E-state index in [1.165, 1.54) is 11.1 Å². The van der Waals surface area contributed by atoms with Crippen molar-refractivity contribution in [1.29, 1.82) is 0 Å². The maximum absolute atomic E-state index is 9.23. The average Bonchev–Trinajstić information content (AvgIpc) is 3.97. The van der Waals surface area contributed by atoms with E-state index in [0.717, 1.165) is 67.3 Å². The van der Waals surface area contributed by atoms with E-state index in [1.54, 1.807) is 0 Å². The van der Waals surface area contributed by atoms with Crippen LogP contribution in [0.2, 0.25) is 0 Å². The summed E-state index contributed by atoms with van der Waals surface area (Å²) in [5.41, 5.74) is 11.3. The van der Waals surface area contributed by atoms with E-state index in [2.05, 4.69) is 163 Å². The standard InChI is InChI=1S/C66H58N4O.Pt/c1-64(2,3)49-38-47(39-50(40-49)65(4,5)6)55-29-20-28-54(46-21-11-9-12-22-46)63(55)69-44-68(59-31-17-18-32-60(59)69)51-25-19-26-52(41-51)71-53-33-34-57-56-27-15-16-30-58(56)70(61(57)42-53)62-37-45(35-36-67-62)43-66(7,8)48-23-13-10-14-24-48;/h9-40H,43H2,1-8H3;/q-2;/i9D,11D,12D,21D,22D;. The Morgan fingerprint density at radius 3 is 1.97 bits per heavy atom. The topological polar surface area (TPSA) is 35.9 Å². The van der Waals surface area contributed by atoms with Gasteiger partial charge in [-0.25, -0.2) is 4.98 Å². The molecule has 0 atom stereocenters. The minimum Gasteiger partial charge on any atom is -0.510 e. The van der Waals surface area contributed by atoms with Crippen molar-refractivity contribution in [2.24, 2.45) is 0 Å². The van der Waals surface area contributed by atoms with Gasteiger partial charge in [-0.3, -0.25) is 4.57 Å². The second-order valence-electron chi connectivity index (χ2n) is 21.1. The van der Waals surface area contributed by atoms with Gasteiger partial charge in [0.1, 0.15) is 5.82 Å². The number of hydrogen-bond acceptors (Lipinski definition) is 2. The second-order valence-corrected chi connectivity index (χ2v) is 21.1. The smallest absolute Gasteiger partial charge is 0.268 e. The van der Waals surface area contributed by atoms with Gasteiger partial charge in [0, 0.05) is 44.3 Å². The van der Waals surface area contributed by atoms with Crippen LogP contribution in [0.4, 0.5) is 0 Å². The molecule has 360 valence electrons. The van der Waals surface area contributed by atoms with E-state index in [9.17, 15) is 2.74 Å². The molecule has 6 heteroatoms. The van der Waals surface area contributed by atoms with Crippen molar-refractivity contribution in [3.8, 4) is 50.9 Å². The minimum absolute atomic E-state index is 0. The normalized spacial score (nSPS) is 13.1. The summed E-state index contributed by atoms with van der Waals surface area (Å²) >= 11 is 0. The molecule has 0 bridgehead atoms. The van der Waals surface area contributed by atoms with E-state index < -0.39 is 18.1 Å². The van der Waals surface area contributed by atoms with Gasteiger partial charge in [0.15, 0.2) is 0 Å². The molecular formula is C66H58N4OPt-2. The Balaban J connectivity index is 0.00000672. The van der Waals surface area contributed by atoms with Crippen molar-refractivity contribution in [1.82, 2.24) is 14.1 Å². The number of benzene rings is 8. The number of nitrogens with zero attached hydrogens (tertiary/aromatic N) is 4. The molecule has 0 aliphatic heterocycles. The van der Waals surface area contributed by atoms with Crippen molar-refractivity contribution in [2.75, 3.05) is 0 Å². The summed E-state index contributed by atoms with van der Waals surface area (Å²) in [6.45, 7) is 17.8. The number of aromatic nitrogens is 4. The first kappa shape index (κ1) is 42.4. The summed E-state index contributed by atoms with van der Waals surface area (Å²) < 4.78 is 57.2. The SMILES string of the molecule is [2H]c1c([2H])c([2H])c(-c2cccc(-c3cc(C(C)(C)C)cc(C(C)(C)C)c3)c2-[n+]2[c-]n(-c3[c-]c(Oc4[c-]c5c(cc4)c4ccccc4n5-c4cc(CC(C)(C)c5ccccc5)ccn4)ccc3)c3ccccc32)c([2H])c1[2H].[Pt]. The van der Waals surface area contributed by atoms with Crippen LogP contribution < -0.4 is 9.30 Å². The van der Waals surface area contributed by atoms with Gasteiger partial charge in [-0.05, 0) is 96.4 Å². The molecule has 5 nitrogen and oxygen atoms in total. The fraction of sp³-hybridized carbons (Fsp3) is 0.182. The summed E-state index contributed by atoms with van der Waals surface area (Å²) in [6.07, 6.45) is 6.39. The average molecular weight is 1120 g/mol. The van der Waals surface area contributed by atoms with Crippen LogP contribution in [-0.2, 0) is 43.7 Å². The zero-order chi connectivity index (χ0) is 53.4. The summed E-state index contributed by atoms with van der Waals surface area (Å²) in [5, 5.41) is 2.11. The molecule has 0 radical (unpaired) electrons. The maximum Gasteiger partial charge on any atom is 0.268 e. The van der Waals surface area contributed by atoms with Crippen LogP contribution in [0.1, 0.15) is 84.5 Å². The predicted molar refractivity (Wildman–Crippen MR) is 291 cm³/mol. The molecule has 3 heterocycles. The number of imidazole rings is 1. The molecule has 0 N–H and O–H groups in total. The van der Waals surface area contributed by atoms with Crippen LogP contribution in [0, 0.1) is 18.5 Å². The molecule has 0 aliphatic carbocycles. The van der Waals surface area contributed by atoms with Crippen molar-refractivity contribution in [3.05, 3.63) is 235 Å². The number of pyridine rings is 1. The predicted octanol–water partition coefficient (Wildman–Crippen LogP) is 16.0.